The van der Waals surface area contributed by atoms with Gasteiger partial charge in [-0.2, -0.15) is 0 Å². The summed E-state index contributed by atoms with van der Waals surface area (Å²) in [5.41, 5.74) is 2.07. The predicted molar refractivity (Wildman–Crippen MR) is 58.6 cm³/mol. The second-order valence-electron chi connectivity index (χ2n) is 3.61. The summed E-state index contributed by atoms with van der Waals surface area (Å²) in [6.45, 7) is 3.17. The number of aliphatic hydroxyl groups is 1. The van der Waals surface area contributed by atoms with E-state index < -0.39 is 0 Å². The molecule has 0 amide bonds. The molecule has 0 saturated heterocycles. The van der Waals surface area contributed by atoms with Gasteiger partial charge in [-0.1, -0.05) is 0 Å². The van der Waals surface area contributed by atoms with E-state index in [9.17, 15) is 0 Å². The van der Waals surface area contributed by atoms with Crippen LogP contribution < -0.4 is 0 Å². The molecule has 0 fully saturated rings. The number of aliphatic hydroxyl groups excluding tert-OH is 1. The molecule has 0 aromatic carbocycles. The smallest absolute Gasteiger partial charge is 0.107 e. The zero-order valence-corrected chi connectivity index (χ0v) is 8.85. The number of fused-ring (bicyclic) bond motifs is 1. The third kappa shape index (κ3) is 1.99. The van der Waals surface area contributed by atoms with Gasteiger partial charge in [0.15, 0.2) is 0 Å². The highest BCUT2D eigenvalue weighted by atomic mass is 16.2. The van der Waals surface area contributed by atoms with Gasteiger partial charge in [-0.3, -0.25) is 4.98 Å². The molecule has 0 aliphatic carbocycles. The lowest BCUT2D eigenvalue weighted by Crippen LogP contribution is -2.01. The number of aromatic nitrogens is 3. The van der Waals surface area contributed by atoms with Crippen molar-refractivity contribution in [1.29, 1.82) is 0 Å². The van der Waals surface area contributed by atoms with Crippen LogP contribution in [0.1, 0.15) is 18.7 Å². The van der Waals surface area contributed by atoms with Gasteiger partial charge in [-0.05, 0) is 25.8 Å². The maximum absolute atomic E-state index is 8.74. The molecule has 4 nitrogen and oxygen atoms in total. The molecule has 2 aromatic heterocycles. The molecule has 0 bridgehead atoms. The Morgan fingerprint density at radius 3 is 3.07 bits per heavy atom. The molecule has 80 valence electrons. The topological polar surface area (TPSA) is 50.9 Å². The van der Waals surface area contributed by atoms with E-state index in [-0.39, 0.29) is 6.61 Å². The van der Waals surface area contributed by atoms with Crippen molar-refractivity contribution in [2.45, 2.75) is 26.3 Å². The Morgan fingerprint density at radius 2 is 2.27 bits per heavy atom. The fourth-order valence-electron chi connectivity index (χ4n) is 1.77. The summed E-state index contributed by atoms with van der Waals surface area (Å²) in [5.74, 6) is 1.01. The van der Waals surface area contributed by atoms with E-state index in [4.69, 9.17) is 5.11 Å². The van der Waals surface area contributed by atoms with Crippen LogP contribution in [-0.4, -0.2) is 26.2 Å². The van der Waals surface area contributed by atoms with E-state index in [0.717, 1.165) is 36.2 Å². The number of rotatable bonds is 4. The van der Waals surface area contributed by atoms with Crippen molar-refractivity contribution in [3.05, 3.63) is 24.3 Å². The maximum atomic E-state index is 8.74. The van der Waals surface area contributed by atoms with E-state index in [1.165, 1.54) is 0 Å². The fraction of sp³-hybridized carbons (Fsp3) is 0.455. The average Bonchev–Trinajstić information content (AvgIpc) is 2.56. The van der Waals surface area contributed by atoms with Gasteiger partial charge in [-0.25, -0.2) is 4.98 Å². The molecule has 0 spiro atoms. The third-order valence-corrected chi connectivity index (χ3v) is 2.53. The molecule has 0 saturated carbocycles. The Balaban J connectivity index is 2.28. The Labute approximate surface area is 88.6 Å². The van der Waals surface area contributed by atoms with Gasteiger partial charge in [0.1, 0.15) is 11.3 Å². The highest BCUT2D eigenvalue weighted by Gasteiger charge is 2.05. The number of imidazole rings is 1. The van der Waals surface area contributed by atoms with Crippen molar-refractivity contribution in [3.8, 4) is 0 Å². The van der Waals surface area contributed by atoms with E-state index >= 15 is 0 Å². The number of unbranched alkanes of at least 4 members (excludes halogenated alkanes) is 1. The van der Waals surface area contributed by atoms with Crippen LogP contribution in [0.3, 0.4) is 0 Å². The first-order valence-electron chi connectivity index (χ1n) is 5.20. The molecule has 0 aliphatic heterocycles. The summed E-state index contributed by atoms with van der Waals surface area (Å²) in [6.07, 6.45) is 5.38. The minimum Gasteiger partial charge on any atom is -0.396 e. The second-order valence-corrected chi connectivity index (χ2v) is 3.61. The average molecular weight is 205 g/mol. The van der Waals surface area contributed by atoms with Gasteiger partial charge in [0, 0.05) is 19.3 Å². The summed E-state index contributed by atoms with van der Waals surface area (Å²) >= 11 is 0. The molecule has 0 unspecified atom stereocenters. The van der Waals surface area contributed by atoms with Crippen molar-refractivity contribution in [1.82, 2.24) is 14.5 Å². The van der Waals surface area contributed by atoms with E-state index in [0.29, 0.717) is 0 Å². The van der Waals surface area contributed by atoms with Gasteiger partial charge in [-0.15, -0.1) is 0 Å². The molecule has 2 heterocycles. The van der Waals surface area contributed by atoms with Crippen LogP contribution in [-0.2, 0) is 6.54 Å². The zero-order chi connectivity index (χ0) is 10.7. The van der Waals surface area contributed by atoms with Crippen LogP contribution in [0.25, 0.3) is 11.0 Å². The SMILES string of the molecule is Cc1nc2cnccc2n1CCCCO. The van der Waals surface area contributed by atoms with Crippen LogP contribution in [0, 0.1) is 6.92 Å². The lowest BCUT2D eigenvalue weighted by Gasteiger charge is -2.05. The van der Waals surface area contributed by atoms with Crippen LogP contribution in [0.5, 0.6) is 0 Å². The Morgan fingerprint density at radius 1 is 1.40 bits per heavy atom. The van der Waals surface area contributed by atoms with Crippen molar-refractivity contribution >= 4 is 11.0 Å². The van der Waals surface area contributed by atoms with Gasteiger partial charge in [0.05, 0.1) is 11.7 Å². The molecule has 15 heavy (non-hydrogen) atoms. The lowest BCUT2D eigenvalue weighted by atomic mass is 10.3. The molecule has 2 rings (SSSR count). The molecule has 2 aromatic rings. The van der Waals surface area contributed by atoms with Crippen molar-refractivity contribution < 1.29 is 5.11 Å². The fourth-order valence-corrected chi connectivity index (χ4v) is 1.77. The summed E-state index contributed by atoms with van der Waals surface area (Å²) < 4.78 is 2.17. The second kappa shape index (κ2) is 4.40. The van der Waals surface area contributed by atoms with Crippen LogP contribution >= 0.6 is 0 Å². The molecule has 4 heteroatoms. The lowest BCUT2D eigenvalue weighted by molar-refractivity contribution is 0.281. The predicted octanol–water partition coefficient (Wildman–Crippen LogP) is 1.51. The number of hydrogen-bond acceptors (Lipinski definition) is 3. The molecule has 1 N–H and O–H groups in total. The molecular formula is C11H15N3O. The van der Waals surface area contributed by atoms with Crippen molar-refractivity contribution in [2.75, 3.05) is 6.61 Å². The number of hydrogen-bond donors (Lipinski definition) is 1. The zero-order valence-electron chi connectivity index (χ0n) is 8.85. The van der Waals surface area contributed by atoms with Crippen LogP contribution in [0.4, 0.5) is 0 Å². The van der Waals surface area contributed by atoms with Crippen LogP contribution in [0.15, 0.2) is 18.5 Å². The van der Waals surface area contributed by atoms with Gasteiger partial charge >= 0.3 is 0 Å². The Kier molecular flexibility index (Phi) is 2.97. The van der Waals surface area contributed by atoms with Gasteiger partial charge < -0.3 is 9.67 Å². The molecule has 0 atom stereocenters. The largest absolute Gasteiger partial charge is 0.396 e. The van der Waals surface area contributed by atoms with Crippen molar-refractivity contribution in [2.24, 2.45) is 0 Å². The first kappa shape index (κ1) is 10.1. The van der Waals surface area contributed by atoms with Crippen LogP contribution in [0.2, 0.25) is 0 Å². The summed E-state index contributed by atoms with van der Waals surface area (Å²) in [4.78, 5) is 8.48. The highest BCUT2D eigenvalue weighted by Crippen LogP contribution is 2.14. The van der Waals surface area contributed by atoms with E-state index in [1.807, 2.05) is 13.0 Å². The Bertz CT molecular complexity index is 450. The normalized spacial score (nSPS) is 11.1. The quantitative estimate of drug-likeness (QED) is 0.770. The van der Waals surface area contributed by atoms with Gasteiger partial charge in [0.25, 0.3) is 0 Å². The van der Waals surface area contributed by atoms with Gasteiger partial charge in [0.2, 0.25) is 0 Å². The minimum atomic E-state index is 0.257. The number of pyridine rings is 1. The summed E-state index contributed by atoms with van der Waals surface area (Å²) in [5, 5.41) is 8.74. The van der Waals surface area contributed by atoms with Crippen molar-refractivity contribution in [3.63, 3.8) is 0 Å². The monoisotopic (exact) mass is 205 g/mol. The first-order chi connectivity index (χ1) is 7.33. The number of aryl methyl sites for hydroxylation is 2. The summed E-state index contributed by atoms with van der Waals surface area (Å²) in [6, 6.07) is 1.98. The molecule has 0 aliphatic rings. The standard InChI is InChI=1S/C11H15N3O/c1-9-13-10-8-12-5-4-11(10)14(9)6-2-3-7-15/h4-5,8,15H,2-3,6-7H2,1H3. The Hall–Kier alpha value is -1.42. The van der Waals surface area contributed by atoms with E-state index in [1.54, 1.807) is 12.4 Å². The molecule has 0 radical (unpaired) electrons. The first-order valence-corrected chi connectivity index (χ1v) is 5.20. The minimum absolute atomic E-state index is 0.257. The maximum Gasteiger partial charge on any atom is 0.107 e. The number of nitrogens with zero attached hydrogens (tertiary/aromatic N) is 3. The highest BCUT2D eigenvalue weighted by molar-refractivity contribution is 5.74. The summed E-state index contributed by atoms with van der Waals surface area (Å²) in [7, 11) is 0. The third-order valence-electron chi connectivity index (χ3n) is 2.53. The van der Waals surface area contributed by atoms with E-state index in [2.05, 4.69) is 14.5 Å². The molecular weight excluding hydrogens is 190 g/mol.